The lowest BCUT2D eigenvalue weighted by Gasteiger charge is -2.45. The second kappa shape index (κ2) is 6.49. The molecule has 1 N–H and O–H groups in total. The Morgan fingerprint density at radius 1 is 1.19 bits per heavy atom. The maximum Gasteiger partial charge on any atom is 0.410 e. The SMILES string of the molecule is CC(C)(C)OC(=O)N1CCC2(CC1)Oc1ccccc1-n1c(SO)ccc12. The van der Waals surface area contributed by atoms with Crippen molar-refractivity contribution in [3.63, 3.8) is 0 Å². The molecule has 1 aromatic carbocycles. The largest absolute Gasteiger partial charge is 0.479 e. The van der Waals surface area contributed by atoms with Gasteiger partial charge in [0.25, 0.3) is 0 Å². The highest BCUT2D eigenvalue weighted by Gasteiger charge is 2.45. The topological polar surface area (TPSA) is 63.9 Å². The molecule has 0 saturated carbocycles. The van der Waals surface area contributed by atoms with Gasteiger partial charge in [-0.2, -0.15) is 0 Å². The smallest absolute Gasteiger partial charge is 0.410 e. The van der Waals surface area contributed by atoms with Gasteiger partial charge < -0.3 is 18.9 Å². The zero-order valence-corrected chi connectivity index (χ0v) is 16.6. The molecule has 27 heavy (non-hydrogen) atoms. The van der Waals surface area contributed by atoms with E-state index < -0.39 is 11.2 Å². The van der Waals surface area contributed by atoms with E-state index in [1.807, 2.05) is 57.2 Å². The molecular formula is C20H24N2O4S. The Balaban J connectivity index is 1.63. The van der Waals surface area contributed by atoms with E-state index in [-0.39, 0.29) is 6.09 Å². The van der Waals surface area contributed by atoms with Gasteiger partial charge in [-0.25, -0.2) is 4.79 Å². The predicted octanol–water partition coefficient (Wildman–Crippen LogP) is 4.66. The van der Waals surface area contributed by atoms with E-state index in [1.165, 1.54) is 0 Å². The summed E-state index contributed by atoms with van der Waals surface area (Å²) in [5, 5.41) is 0.759. The first kappa shape index (κ1) is 18.3. The van der Waals surface area contributed by atoms with Crippen LogP contribution < -0.4 is 4.74 Å². The van der Waals surface area contributed by atoms with E-state index in [0.717, 1.165) is 34.2 Å². The molecule has 1 saturated heterocycles. The highest BCUT2D eigenvalue weighted by Crippen LogP contribution is 2.47. The Kier molecular flexibility index (Phi) is 4.39. The predicted molar refractivity (Wildman–Crippen MR) is 104 cm³/mol. The van der Waals surface area contributed by atoms with E-state index in [1.54, 1.807) is 4.90 Å². The highest BCUT2D eigenvalue weighted by atomic mass is 32.2. The van der Waals surface area contributed by atoms with Crippen LogP contribution in [-0.4, -0.2) is 38.8 Å². The number of benzene rings is 1. The lowest BCUT2D eigenvalue weighted by molar-refractivity contribution is -0.0272. The number of carbonyl (C=O) groups is 1. The Bertz CT molecular complexity index is 863. The zero-order chi connectivity index (χ0) is 19.2. The van der Waals surface area contributed by atoms with E-state index >= 15 is 0 Å². The summed E-state index contributed by atoms with van der Waals surface area (Å²) in [6.07, 6.45) is 1.05. The molecular weight excluding hydrogens is 364 g/mol. The molecule has 2 aromatic rings. The number of carbonyl (C=O) groups excluding carboxylic acids is 1. The molecule has 2 aliphatic heterocycles. The quantitative estimate of drug-likeness (QED) is 0.720. The summed E-state index contributed by atoms with van der Waals surface area (Å²) >= 11 is 0.736. The van der Waals surface area contributed by atoms with Crippen LogP contribution in [-0.2, 0) is 10.3 Å². The second-order valence-electron chi connectivity index (χ2n) is 8.01. The van der Waals surface area contributed by atoms with Crippen molar-refractivity contribution in [1.29, 1.82) is 0 Å². The van der Waals surface area contributed by atoms with Crippen LogP contribution in [0.1, 0.15) is 39.3 Å². The fourth-order valence-electron chi connectivity index (χ4n) is 3.82. The average Bonchev–Trinajstić information content (AvgIpc) is 3.06. The van der Waals surface area contributed by atoms with Gasteiger partial charge in [0.05, 0.1) is 11.4 Å². The van der Waals surface area contributed by atoms with Gasteiger partial charge in [0.15, 0.2) is 5.60 Å². The van der Waals surface area contributed by atoms with Crippen LogP contribution in [0.5, 0.6) is 5.75 Å². The third-order valence-electron chi connectivity index (χ3n) is 5.04. The lowest BCUT2D eigenvalue weighted by Crippen LogP contribution is -2.50. The minimum atomic E-state index is -0.513. The number of ether oxygens (including phenoxy) is 2. The van der Waals surface area contributed by atoms with Crippen molar-refractivity contribution in [1.82, 2.24) is 9.47 Å². The first-order valence-electron chi connectivity index (χ1n) is 9.13. The average molecular weight is 388 g/mol. The van der Waals surface area contributed by atoms with Crippen LogP contribution in [0.3, 0.4) is 0 Å². The molecule has 0 radical (unpaired) electrons. The number of aromatic nitrogens is 1. The van der Waals surface area contributed by atoms with Gasteiger partial charge in [0.2, 0.25) is 0 Å². The van der Waals surface area contributed by atoms with Crippen LogP contribution in [0.4, 0.5) is 4.79 Å². The van der Waals surface area contributed by atoms with Crippen LogP contribution in [0.2, 0.25) is 0 Å². The van der Waals surface area contributed by atoms with Gasteiger partial charge in [-0.15, -0.1) is 0 Å². The molecule has 1 aromatic heterocycles. The summed E-state index contributed by atoms with van der Waals surface area (Å²) < 4.78 is 23.8. The molecule has 144 valence electrons. The summed E-state index contributed by atoms with van der Waals surface area (Å²) in [4.78, 5) is 14.1. The minimum absolute atomic E-state index is 0.282. The van der Waals surface area contributed by atoms with Gasteiger partial charge in [-0.3, -0.25) is 4.57 Å². The van der Waals surface area contributed by atoms with Crippen LogP contribution in [0.15, 0.2) is 41.4 Å². The molecule has 0 atom stereocenters. The molecule has 0 aliphatic carbocycles. The monoisotopic (exact) mass is 388 g/mol. The maximum absolute atomic E-state index is 12.4. The Hall–Kier alpha value is -2.12. The number of fused-ring (bicyclic) bond motifs is 4. The highest BCUT2D eigenvalue weighted by molar-refractivity contribution is 7.93. The summed E-state index contributed by atoms with van der Waals surface area (Å²) in [6.45, 7) is 6.74. The zero-order valence-electron chi connectivity index (χ0n) is 15.8. The van der Waals surface area contributed by atoms with E-state index in [9.17, 15) is 9.35 Å². The van der Waals surface area contributed by atoms with Gasteiger partial charge in [-0.1, -0.05) is 12.1 Å². The number of amides is 1. The van der Waals surface area contributed by atoms with E-state index in [2.05, 4.69) is 4.57 Å². The minimum Gasteiger partial charge on any atom is -0.479 e. The standard InChI is InChI=1S/C20H24N2O4S/c1-19(2,3)26-18(23)21-12-10-20(11-13-21)16-8-9-17(27-24)22(16)14-6-4-5-7-15(14)25-20/h4-9,24H,10-13H2,1-3H3. The van der Waals surface area contributed by atoms with Crippen LogP contribution in [0, 0.1) is 0 Å². The van der Waals surface area contributed by atoms with Gasteiger partial charge in [0, 0.05) is 38.0 Å². The third kappa shape index (κ3) is 3.19. The van der Waals surface area contributed by atoms with Gasteiger partial charge in [-0.05, 0) is 45.0 Å². The Morgan fingerprint density at radius 3 is 2.56 bits per heavy atom. The third-order valence-corrected chi connectivity index (χ3v) is 5.55. The van der Waals surface area contributed by atoms with Crippen molar-refractivity contribution in [2.45, 2.75) is 49.8 Å². The maximum atomic E-state index is 12.4. The second-order valence-corrected chi connectivity index (χ2v) is 8.62. The van der Waals surface area contributed by atoms with Crippen molar-refractivity contribution in [2.75, 3.05) is 13.1 Å². The number of likely N-dealkylation sites (tertiary alicyclic amines) is 1. The number of nitrogens with zero attached hydrogens (tertiary/aromatic N) is 2. The number of hydrogen-bond donors (Lipinski definition) is 1. The number of piperidine rings is 1. The van der Waals surface area contributed by atoms with Crippen molar-refractivity contribution in [3.05, 3.63) is 42.1 Å². The fourth-order valence-corrected chi connectivity index (χ4v) is 4.23. The fraction of sp³-hybridized carbons (Fsp3) is 0.450. The molecule has 0 unspecified atom stereocenters. The van der Waals surface area contributed by atoms with Crippen LogP contribution in [0.25, 0.3) is 5.69 Å². The lowest BCUT2D eigenvalue weighted by atomic mass is 9.86. The molecule has 3 heterocycles. The van der Waals surface area contributed by atoms with Crippen molar-refractivity contribution in [3.8, 4) is 11.4 Å². The summed E-state index contributed by atoms with van der Waals surface area (Å²) in [6, 6.07) is 11.8. The first-order chi connectivity index (χ1) is 12.8. The molecule has 1 amide bonds. The van der Waals surface area contributed by atoms with Gasteiger partial charge >= 0.3 is 6.09 Å². The first-order valence-corrected chi connectivity index (χ1v) is 9.90. The van der Waals surface area contributed by atoms with E-state index in [0.29, 0.717) is 25.9 Å². The molecule has 1 fully saturated rings. The summed E-state index contributed by atoms with van der Waals surface area (Å²) in [7, 11) is 0. The van der Waals surface area contributed by atoms with Gasteiger partial charge in [0.1, 0.15) is 16.4 Å². The van der Waals surface area contributed by atoms with Crippen molar-refractivity contribution >= 4 is 18.1 Å². The van der Waals surface area contributed by atoms with Crippen LogP contribution >= 0.6 is 12.0 Å². The van der Waals surface area contributed by atoms with E-state index in [4.69, 9.17) is 9.47 Å². The molecule has 0 bridgehead atoms. The number of rotatable bonds is 1. The molecule has 4 rings (SSSR count). The summed E-state index contributed by atoms with van der Waals surface area (Å²) in [5.74, 6) is 0.794. The molecule has 1 spiro atoms. The van der Waals surface area contributed by atoms with Crippen molar-refractivity contribution < 1.29 is 18.8 Å². The van der Waals surface area contributed by atoms with Crippen molar-refractivity contribution in [2.24, 2.45) is 0 Å². The molecule has 7 heteroatoms. The molecule has 6 nitrogen and oxygen atoms in total. The normalized spacial score (nSPS) is 17.9. The molecule has 2 aliphatic rings. The Morgan fingerprint density at radius 2 is 1.89 bits per heavy atom. The number of para-hydroxylation sites is 2. The summed E-state index contributed by atoms with van der Waals surface area (Å²) in [5.41, 5.74) is 0.922. The Labute approximate surface area is 163 Å². The number of hydrogen-bond acceptors (Lipinski definition) is 5.